The second-order valence-electron chi connectivity index (χ2n) is 2.33. The third-order valence-electron chi connectivity index (χ3n) is 1.44. The Morgan fingerprint density at radius 3 is 2.64 bits per heavy atom. The molecule has 0 amide bonds. The number of rotatable bonds is 7. The molecule has 6 nitrogen and oxygen atoms in total. The van der Waals surface area contributed by atoms with E-state index >= 15 is 0 Å². The summed E-state index contributed by atoms with van der Waals surface area (Å²) in [6.45, 7) is 0.423. The lowest BCUT2D eigenvalue weighted by Gasteiger charge is -2.02. The highest BCUT2D eigenvalue weighted by Crippen LogP contribution is 2.32. The molecule has 0 aliphatic heterocycles. The maximum atomic E-state index is 9.10. The predicted octanol–water partition coefficient (Wildman–Crippen LogP) is -0.195. The molecule has 0 saturated heterocycles. The van der Waals surface area contributed by atoms with Crippen molar-refractivity contribution in [2.24, 2.45) is 5.92 Å². The molecule has 1 fully saturated rings. The molecule has 0 spiro atoms. The molecule has 0 bridgehead atoms. The minimum Gasteiger partial charge on any atom is -0.689 e. The maximum absolute atomic E-state index is 9.10. The molecule has 6 heteroatoms. The van der Waals surface area contributed by atoms with Crippen LogP contribution in [0, 0.1) is 5.92 Å². The first kappa shape index (κ1) is 8.85. The Morgan fingerprint density at radius 2 is 2.00 bits per heavy atom. The molecule has 0 unspecified atom stereocenters. The summed E-state index contributed by atoms with van der Waals surface area (Å²) in [5, 5.41) is 22.8. The molecular formula is C5H9O6-. The highest BCUT2D eigenvalue weighted by Gasteiger charge is 2.20. The molecule has 66 valence electrons. The predicted molar refractivity (Wildman–Crippen MR) is 27.6 cm³/mol. The van der Waals surface area contributed by atoms with E-state index in [1.54, 1.807) is 0 Å². The molecule has 0 aromatic carbocycles. The monoisotopic (exact) mass is 165 g/mol. The Kier molecular flexibility index (Phi) is 4.36. The normalized spacial score (nSPS) is 17.2. The van der Waals surface area contributed by atoms with Gasteiger partial charge in [-0.25, -0.2) is 4.89 Å². The molecule has 11 heavy (non-hydrogen) atoms. The van der Waals surface area contributed by atoms with Crippen molar-refractivity contribution in [3.63, 3.8) is 0 Å². The Labute approximate surface area is 63.2 Å². The maximum Gasteiger partial charge on any atom is 0.0857 e. The van der Waals surface area contributed by atoms with Crippen molar-refractivity contribution in [1.82, 2.24) is 0 Å². The van der Waals surface area contributed by atoms with E-state index in [2.05, 4.69) is 25.0 Å². The highest BCUT2D eigenvalue weighted by molar-refractivity contribution is 4.71. The van der Waals surface area contributed by atoms with Crippen LogP contribution in [-0.4, -0.2) is 6.61 Å². The van der Waals surface area contributed by atoms with Gasteiger partial charge in [0.25, 0.3) is 0 Å². The summed E-state index contributed by atoms with van der Waals surface area (Å²) in [5.41, 5.74) is 0. The zero-order valence-corrected chi connectivity index (χ0v) is 5.86. The van der Waals surface area contributed by atoms with E-state index < -0.39 is 0 Å². The lowest BCUT2D eigenvalue weighted by Crippen LogP contribution is -2.07. The Morgan fingerprint density at radius 1 is 1.18 bits per heavy atom. The third-order valence-corrected chi connectivity index (χ3v) is 1.44. The Hall–Kier alpha value is -0.240. The lowest BCUT2D eigenvalue weighted by atomic mass is 10.3. The SMILES string of the molecule is [O-]OOOOOCCC1CC1. The molecule has 1 rings (SSSR count). The standard InChI is InChI=1S/C5H10O6/c6-8-10-11-9-7-4-3-5-1-2-5/h5-6H,1-4H2/p-1. The molecular weight excluding hydrogens is 156 g/mol. The molecule has 1 saturated carbocycles. The van der Waals surface area contributed by atoms with Crippen LogP contribution in [0.4, 0.5) is 0 Å². The summed E-state index contributed by atoms with van der Waals surface area (Å²) >= 11 is 0. The van der Waals surface area contributed by atoms with Gasteiger partial charge >= 0.3 is 0 Å². The van der Waals surface area contributed by atoms with Gasteiger partial charge in [-0.3, -0.25) is 5.04 Å². The zero-order valence-electron chi connectivity index (χ0n) is 5.86. The lowest BCUT2D eigenvalue weighted by molar-refractivity contribution is -0.889. The van der Waals surface area contributed by atoms with Gasteiger partial charge in [-0.2, -0.15) is 0 Å². The van der Waals surface area contributed by atoms with Crippen LogP contribution in [0.2, 0.25) is 0 Å². The van der Waals surface area contributed by atoms with Gasteiger partial charge in [-0.05, 0) is 27.5 Å². The second kappa shape index (κ2) is 5.42. The van der Waals surface area contributed by atoms with E-state index in [0.29, 0.717) is 6.61 Å². The van der Waals surface area contributed by atoms with Gasteiger partial charge in [0.05, 0.1) is 6.61 Å². The van der Waals surface area contributed by atoms with Crippen LogP contribution in [0.3, 0.4) is 0 Å². The average molecular weight is 165 g/mol. The summed E-state index contributed by atoms with van der Waals surface area (Å²) in [4.78, 5) is 4.42. The van der Waals surface area contributed by atoms with Crippen molar-refractivity contribution in [2.75, 3.05) is 6.61 Å². The van der Waals surface area contributed by atoms with Crippen molar-refractivity contribution in [1.29, 1.82) is 0 Å². The molecule has 0 aromatic rings. The van der Waals surface area contributed by atoms with Crippen LogP contribution in [0.1, 0.15) is 19.3 Å². The van der Waals surface area contributed by atoms with Gasteiger partial charge in [0.1, 0.15) is 0 Å². The average Bonchev–Trinajstić information content (AvgIpc) is 2.80. The van der Waals surface area contributed by atoms with Gasteiger partial charge in [0.15, 0.2) is 0 Å². The largest absolute Gasteiger partial charge is 0.689 e. The van der Waals surface area contributed by atoms with Crippen molar-refractivity contribution >= 4 is 0 Å². The van der Waals surface area contributed by atoms with Crippen LogP contribution in [0.5, 0.6) is 0 Å². The number of hydrogen-bond acceptors (Lipinski definition) is 6. The molecule has 0 N–H and O–H groups in total. The highest BCUT2D eigenvalue weighted by atomic mass is 17.8. The first-order chi connectivity index (χ1) is 5.43. The van der Waals surface area contributed by atoms with Crippen molar-refractivity contribution in [2.45, 2.75) is 19.3 Å². The van der Waals surface area contributed by atoms with Gasteiger partial charge < -0.3 is 5.26 Å². The quantitative estimate of drug-likeness (QED) is 0.295. The third kappa shape index (κ3) is 5.08. The fourth-order valence-corrected chi connectivity index (χ4v) is 0.698. The minimum absolute atomic E-state index is 0.423. The van der Waals surface area contributed by atoms with Gasteiger partial charge in [-0.1, -0.05) is 12.8 Å². The van der Waals surface area contributed by atoms with Crippen LogP contribution >= 0.6 is 0 Å². The van der Waals surface area contributed by atoms with Crippen LogP contribution < -0.4 is 5.26 Å². The topological polar surface area (TPSA) is 69.2 Å². The molecule has 0 aromatic heterocycles. The smallest absolute Gasteiger partial charge is 0.0857 e. The zero-order chi connectivity index (χ0) is 7.94. The van der Waals surface area contributed by atoms with Crippen molar-refractivity contribution in [3.05, 3.63) is 0 Å². The first-order valence-electron chi connectivity index (χ1n) is 3.35. The van der Waals surface area contributed by atoms with Crippen molar-refractivity contribution < 1.29 is 30.3 Å². The van der Waals surface area contributed by atoms with Gasteiger partial charge in [-0.15, -0.1) is 0 Å². The fraction of sp³-hybridized carbons (Fsp3) is 1.00. The Balaban J connectivity index is 1.66. The second-order valence-corrected chi connectivity index (χ2v) is 2.33. The number of hydrogen-bond donors (Lipinski definition) is 0. The summed E-state index contributed by atoms with van der Waals surface area (Å²) in [6, 6.07) is 0. The summed E-state index contributed by atoms with van der Waals surface area (Å²) in [6.07, 6.45) is 3.44. The van der Waals surface area contributed by atoms with E-state index in [1.165, 1.54) is 12.8 Å². The summed E-state index contributed by atoms with van der Waals surface area (Å²) in [5.74, 6) is 0.760. The van der Waals surface area contributed by atoms with Crippen LogP contribution in [-0.2, 0) is 25.0 Å². The van der Waals surface area contributed by atoms with Crippen LogP contribution in [0.25, 0.3) is 0 Å². The first-order valence-corrected chi connectivity index (χ1v) is 3.35. The summed E-state index contributed by atoms with van der Waals surface area (Å²) in [7, 11) is 0. The van der Waals surface area contributed by atoms with E-state index in [-0.39, 0.29) is 0 Å². The fourth-order valence-electron chi connectivity index (χ4n) is 0.698. The van der Waals surface area contributed by atoms with Gasteiger partial charge in [0, 0.05) is 0 Å². The molecule has 0 atom stereocenters. The van der Waals surface area contributed by atoms with Crippen molar-refractivity contribution in [3.8, 4) is 0 Å². The molecule has 1 aliphatic carbocycles. The molecule has 0 heterocycles. The summed E-state index contributed by atoms with van der Waals surface area (Å²) < 4.78 is 0. The molecule has 0 radical (unpaired) electrons. The van der Waals surface area contributed by atoms with E-state index in [0.717, 1.165) is 12.3 Å². The Bertz CT molecular complexity index is 93.0. The molecule has 1 aliphatic rings. The van der Waals surface area contributed by atoms with E-state index in [1.807, 2.05) is 0 Å². The van der Waals surface area contributed by atoms with E-state index in [9.17, 15) is 0 Å². The van der Waals surface area contributed by atoms with Gasteiger partial charge in [0.2, 0.25) is 0 Å². The minimum atomic E-state index is 0.423. The van der Waals surface area contributed by atoms with E-state index in [4.69, 9.17) is 5.26 Å². The van der Waals surface area contributed by atoms with Crippen LogP contribution in [0.15, 0.2) is 0 Å².